The van der Waals surface area contributed by atoms with Gasteiger partial charge < -0.3 is 19.3 Å². The molecule has 1 aliphatic rings. The maximum Gasteiger partial charge on any atom is 0.298 e. The number of phenols is 1. The number of phenolic OH excluding ortho intramolecular Hbond substituents is 1. The molecular weight excluding hydrogens is 438 g/mol. The molecule has 0 bridgehead atoms. The molecule has 1 aliphatic heterocycles. The first-order chi connectivity index (χ1) is 17.0. The van der Waals surface area contributed by atoms with E-state index < -0.39 is 0 Å². The zero-order valence-electron chi connectivity index (χ0n) is 20.3. The number of benzene rings is 3. The number of piperidine rings is 1. The van der Waals surface area contributed by atoms with Gasteiger partial charge in [-0.05, 0) is 74.2 Å². The van der Waals surface area contributed by atoms with Crippen molar-refractivity contribution in [2.24, 2.45) is 0 Å². The Kier molecular flexibility index (Phi) is 6.20. The molecule has 0 spiro atoms. The van der Waals surface area contributed by atoms with Crippen LogP contribution in [0.4, 0.5) is 6.01 Å². The number of fused-ring (bicyclic) bond motifs is 1. The van der Waals surface area contributed by atoms with Gasteiger partial charge in [-0.2, -0.15) is 4.98 Å². The molecule has 6 heteroatoms. The maximum absolute atomic E-state index is 12.8. The second-order valence-electron chi connectivity index (χ2n) is 9.14. The fourth-order valence-electron chi connectivity index (χ4n) is 5.25. The highest BCUT2D eigenvalue weighted by molar-refractivity contribution is 5.94. The van der Waals surface area contributed by atoms with Gasteiger partial charge in [-0.15, -0.1) is 0 Å². The zero-order valence-corrected chi connectivity index (χ0v) is 20.3. The summed E-state index contributed by atoms with van der Waals surface area (Å²) < 4.78 is 6.02. The molecule has 3 aromatic carbocycles. The van der Waals surface area contributed by atoms with Crippen LogP contribution in [0.5, 0.6) is 5.75 Å². The SMILES string of the molecule is CCN(CC)C(=O)c1ccc(C2(c3cccc(O)c3)CCN(c3nc4ccccc4o3)CC2)cc1. The maximum atomic E-state index is 12.8. The molecule has 1 N–H and O–H groups in total. The predicted molar refractivity (Wildman–Crippen MR) is 138 cm³/mol. The molecule has 1 aromatic heterocycles. The largest absolute Gasteiger partial charge is 0.508 e. The van der Waals surface area contributed by atoms with E-state index in [1.54, 1.807) is 6.07 Å². The third-order valence-electron chi connectivity index (χ3n) is 7.30. The first-order valence-corrected chi connectivity index (χ1v) is 12.3. The summed E-state index contributed by atoms with van der Waals surface area (Å²) in [4.78, 5) is 21.5. The molecular formula is C29H31N3O3. The van der Waals surface area contributed by atoms with E-state index in [1.807, 2.05) is 67.3 Å². The van der Waals surface area contributed by atoms with Crippen LogP contribution in [0.3, 0.4) is 0 Å². The molecule has 1 amide bonds. The Morgan fingerprint density at radius 2 is 1.69 bits per heavy atom. The van der Waals surface area contributed by atoms with Gasteiger partial charge in [-0.3, -0.25) is 4.79 Å². The number of para-hydroxylation sites is 2. The highest BCUT2D eigenvalue weighted by Gasteiger charge is 2.39. The van der Waals surface area contributed by atoms with E-state index in [2.05, 4.69) is 28.1 Å². The topological polar surface area (TPSA) is 69.8 Å². The van der Waals surface area contributed by atoms with Gasteiger partial charge >= 0.3 is 0 Å². The van der Waals surface area contributed by atoms with Crippen molar-refractivity contribution in [2.75, 3.05) is 31.1 Å². The number of carbonyl (C=O) groups excluding carboxylic acids is 1. The van der Waals surface area contributed by atoms with Gasteiger partial charge in [0.15, 0.2) is 5.58 Å². The van der Waals surface area contributed by atoms with Crippen LogP contribution < -0.4 is 4.90 Å². The first kappa shape index (κ1) is 23.0. The third kappa shape index (κ3) is 4.25. The minimum atomic E-state index is -0.280. The monoisotopic (exact) mass is 469 g/mol. The quantitative estimate of drug-likeness (QED) is 0.398. The van der Waals surface area contributed by atoms with Crippen molar-refractivity contribution in [2.45, 2.75) is 32.1 Å². The summed E-state index contributed by atoms with van der Waals surface area (Å²) in [5.41, 5.74) is 4.31. The van der Waals surface area contributed by atoms with E-state index in [-0.39, 0.29) is 17.1 Å². The zero-order chi connectivity index (χ0) is 24.4. The minimum absolute atomic E-state index is 0.0544. The molecule has 0 saturated carbocycles. The van der Waals surface area contributed by atoms with Crippen molar-refractivity contribution < 1.29 is 14.3 Å². The lowest BCUT2D eigenvalue weighted by molar-refractivity contribution is 0.0773. The second-order valence-corrected chi connectivity index (χ2v) is 9.14. The van der Waals surface area contributed by atoms with E-state index in [9.17, 15) is 9.90 Å². The molecule has 2 heterocycles. The standard InChI is InChI=1S/C29H31N3O3/c1-3-31(4-2)27(34)21-12-14-22(15-13-21)29(23-8-7-9-24(33)20-23)16-18-32(19-17-29)28-30-25-10-5-6-11-26(25)35-28/h5-15,20,33H,3-4,16-19H2,1-2H3. The van der Waals surface area contributed by atoms with Crippen molar-refractivity contribution in [1.29, 1.82) is 0 Å². The van der Waals surface area contributed by atoms with Crippen LogP contribution in [-0.2, 0) is 5.41 Å². The lowest BCUT2D eigenvalue weighted by atomic mass is 9.68. The molecule has 1 saturated heterocycles. The molecule has 35 heavy (non-hydrogen) atoms. The second kappa shape index (κ2) is 9.45. The van der Waals surface area contributed by atoms with Gasteiger partial charge in [0.1, 0.15) is 11.3 Å². The molecule has 6 nitrogen and oxygen atoms in total. The average Bonchev–Trinajstić information content (AvgIpc) is 3.34. The first-order valence-electron chi connectivity index (χ1n) is 12.3. The van der Waals surface area contributed by atoms with Crippen molar-refractivity contribution in [1.82, 2.24) is 9.88 Å². The van der Waals surface area contributed by atoms with Gasteiger partial charge in [0, 0.05) is 37.2 Å². The fourth-order valence-corrected chi connectivity index (χ4v) is 5.25. The van der Waals surface area contributed by atoms with Crippen LogP contribution in [0.15, 0.2) is 77.2 Å². The Bertz CT molecular complexity index is 1280. The molecule has 0 unspecified atom stereocenters. The van der Waals surface area contributed by atoms with E-state index >= 15 is 0 Å². The summed E-state index contributed by atoms with van der Waals surface area (Å²) >= 11 is 0. The summed E-state index contributed by atoms with van der Waals surface area (Å²) in [7, 11) is 0. The average molecular weight is 470 g/mol. The van der Waals surface area contributed by atoms with E-state index in [0.29, 0.717) is 24.7 Å². The van der Waals surface area contributed by atoms with Gasteiger partial charge in [-0.1, -0.05) is 36.4 Å². The van der Waals surface area contributed by atoms with Gasteiger partial charge in [0.25, 0.3) is 11.9 Å². The molecule has 0 atom stereocenters. The molecule has 1 fully saturated rings. The molecule has 0 aliphatic carbocycles. The van der Waals surface area contributed by atoms with Crippen LogP contribution in [0.25, 0.3) is 11.1 Å². The van der Waals surface area contributed by atoms with E-state index in [4.69, 9.17) is 4.42 Å². The minimum Gasteiger partial charge on any atom is -0.508 e. The Balaban J connectivity index is 1.46. The van der Waals surface area contributed by atoms with Crippen LogP contribution >= 0.6 is 0 Å². The summed E-state index contributed by atoms with van der Waals surface area (Å²) in [5.74, 6) is 0.315. The molecule has 4 aromatic rings. The number of carbonyl (C=O) groups is 1. The normalized spacial score (nSPS) is 15.3. The highest BCUT2D eigenvalue weighted by Crippen LogP contribution is 2.43. The number of hydrogen-bond donors (Lipinski definition) is 1. The van der Waals surface area contributed by atoms with Crippen molar-refractivity contribution in [3.63, 3.8) is 0 Å². The Hall–Kier alpha value is -3.80. The van der Waals surface area contributed by atoms with E-state index in [0.717, 1.165) is 48.2 Å². The number of anilines is 1. The summed E-state index contributed by atoms with van der Waals surface area (Å²) in [6.07, 6.45) is 1.66. The lowest BCUT2D eigenvalue weighted by Gasteiger charge is -2.42. The predicted octanol–water partition coefficient (Wildman–Crippen LogP) is 5.60. The fraction of sp³-hybridized carbons (Fsp3) is 0.310. The van der Waals surface area contributed by atoms with Crippen LogP contribution in [0, 0.1) is 0 Å². The number of aromatic nitrogens is 1. The Morgan fingerprint density at radius 3 is 2.34 bits per heavy atom. The molecule has 0 radical (unpaired) electrons. The number of hydrogen-bond acceptors (Lipinski definition) is 5. The van der Waals surface area contributed by atoms with Crippen LogP contribution in [0.2, 0.25) is 0 Å². The summed E-state index contributed by atoms with van der Waals surface area (Å²) in [6.45, 7) is 6.91. The Morgan fingerprint density at radius 1 is 0.971 bits per heavy atom. The van der Waals surface area contributed by atoms with E-state index in [1.165, 1.54) is 0 Å². The van der Waals surface area contributed by atoms with Crippen LogP contribution in [-0.4, -0.2) is 47.1 Å². The van der Waals surface area contributed by atoms with Gasteiger partial charge in [0.05, 0.1) is 0 Å². The molecule has 180 valence electrons. The smallest absolute Gasteiger partial charge is 0.298 e. The number of amides is 1. The number of oxazole rings is 1. The van der Waals surface area contributed by atoms with Crippen molar-refractivity contribution >= 4 is 23.0 Å². The van der Waals surface area contributed by atoms with Crippen LogP contribution in [0.1, 0.15) is 48.2 Å². The summed E-state index contributed by atoms with van der Waals surface area (Å²) in [6, 6.07) is 24.1. The van der Waals surface area contributed by atoms with Gasteiger partial charge in [-0.25, -0.2) is 0 Å². The van der Waals surface area contributed by atoms with Crippen molar-refractivity contribution in [3.8, 4) is 5.75 Å². The highest BCUT2D eigenvalue weighted by atomic mass is 16.4. The Labute approximate surface area is 205 Å². The van der Waals surface area contributed by atoms with Gasteiger partial charge in [0.2, 0.25) is 0 Å². The van der Waals surface area contributed by atoms with Crippen molar-refractivity contribution in [3.05, 3.63) is 89.5 Å². The number of rotatable bonds is 6. The lowest BCUT2D eigenvalue weighted by Crippen LogP contribution is -2.43. The number of aromatic hydroxyl groups is 1. The summed E-state index contributed by atoms with van der Waals surface area (Å²) in [5, 5.41) is 10.3. The third-order valence-corrected chi connectivity index (χ3v) is 7.30. The number of nitrogens with zero attached hydrogens (tertiary/aromatic N) is 3. The molecule has 5 rings (SSSR count).